The fourth-order valence-electron chi connectivity index (χ4n) is 3.35. The molecule has 2 amide bonds. The molecule has 0 aliphatic heterocycles. The van der Waals surface area contributed by atoms with Crippen LogP contribution in [0.5, 0.6) is 0 Å². The zero-order chi connectivity index (χ0) is 24.9. The van der Waals surface area contributed by atoms with Gasteiger partial charge in [-0.1, -0.05) is 36.1 Å². The summed E-state index contributed by atoms with van der Waals surface area (Å²) < 4.78 is 1.39. The number of halogens is 2. The zero-order valence-electron chi connectivity index (χ0n) is 18.8. The molecule has 0 saturated carbocycles. The highest BCUT2D eigenvalue weighted by Gasteiger charge is 2.22. The SMILES string of the molecule is CBc1cc(C(=O)Nc2c(C)cc(Cl)cc2C(=O)NNc2ccccn2)n(-c2ncccc2Cl)n1. The number of nitrogens with zero attached hydrogens (tertiary/aromatic N) is 4. The third-order valence-electron chi connectivity index (χ3n) is 5.05. The van der Waals surface area contributed by atoms with Crippen LogP contribution in [-0.4, -0.2) is 38.8 Å². The number of rotatable bonds is 7. The molecule has 0 bridgehead atoms. The van der Waals surface area contributed by atoms with Crippen molar-refractivity contribution in [3.05, 3.63) is 87.8 Å². The summed E-state index contributed by atoms with van der Waals surface area (Å²) in [5.41, 5.74) is 7.29. The second-order valence-corrected chi connectivity index (χ2v) is 8.33. The van der Waals surface area contributed by atoms with Gasteiger partial charge in [0.05, 0.1) is 16.3 Å². The lowest BCUT2D eigenvalue weighted by Crippen LogP contribution is -2.31. The molecule has 0 fully saturated rings. The average Bonchev–Trinajstić information content (AvgIpc) is 3.29. The van der Waals surface area contributed by atoms with Gasteiger partial charge in [0.1, 0.15) is 11.5 Å². The maximum Gasteiger partial charge on any atom is 0.274 e. The van der Waals surface area contributed by atoms with Gasteiger partial charge in [0.25, 0.3) is 11.8 Å². The molecule has 0 aliphatic carbocycles. The molecule has 35 heavy (non-hydrogen) atoms. The van der Waals surface area contributed by atoms with Gasteiger partial charge in [0, 0.05) is 23.0 Å². The molecule has 12 heteroatoms. The summed E-state index contributed by atoms with van der Waals surface area (Å²) in [7, 11) is 0.602. The van der Waals surface area contributed by atoms with Gasteiger partial charge < -0.3 is 5.32 Å². The van der Waals surface area contributed by atoms with Gasteiger partial charge in [-0.15, -0.1) is 0 Å². The van der Waals surface area contributed by atoms with Crippen LogP contribution in [0.2, 0.25) is 16.9 Å². The van der Waals surface area contributed by atoms with Crippen LogP contribution in [0.4, 0.5) is 11.5 Å². The molecule has 3 heterocycles. The Hall–Kier alpha value is -3.89. The number of hydrazine groups is 1. The summed E-state index contributed by atoms with van der Waals surface area (Å²) in [5.74, 6) is -0.221. The first-order valence-electron chi connectivity index (χ1n) is 10.7. The van der Waals surface area contributed by atoms with Crippen molar-refractivity contribution in [3.63, 3.8) is 0 Å². The monoisotopic (exact) mass is 507 g/mol. The van der Waals surface area contributed by atoms with Crippen molar-refractivity contribution < 1.29 is 9.59 Å². The molecular weight excluding hydrogens is 488 g/mol. The minimum atomic E-state index is -0.507. The second kappa shape index (κ2) is 10.6. The van der Waals surface area contributed by atoms with Crippen molar-refractivity contribution in [1.82, 2.24) is 25.2 Å². The number of hydrogen-bond acceptors (Lipinski definition) is 6. The Morgan fingerprint density at radius 1 is 1.00 bits per heavy atom. The number of nitrogens with one attached hydrogen (secondary N) is 3. The van der Waals surface area contributed by atoms with Crippen LogP contribution in [0.15, 0.2) is 60.9 Å². The summed E-state index contributed by atoms with van der Waals surface area (Å²) in [5, 5.41) is 8.00. The van der Waals surface area contributed by atoms with E-state index in [1.165, 1.54) is 10.7 Å². The number of benzene rings is 1. The van der Waals surface area contributed by atoms with Crippen LogP contribution < -0.4 is 21.8 Å². The van der Waals surface area contributed by atoms with E-state index in [4.69, 9.17) is 23.2 Å². The van der Waals surface area contributed by atoms with Crippen LogP contribution in [0.1, 0.15) is 26.4 Å². The van der Waals surface area contributed by atoms with Gasteiger partial charge in [-0.2, -0.15) is 5.10 Å². The van der Waals surface area contributed by atoms with E-state index < -0.39 is 11.8 Å². The Bertz CT molecular complexity index is 1400. The van der Waals surface area contributed by atoms with E-state index >= 15 is 0 Å². The second-order valence-electron chi connectivity index (χ2n) is 7.49. The minimum Gasteiger partial charge on any atom is -0.320 e. The van der Waals surface area contributed by atoms with Gasteiger partial charge >= 0.3 is 0 Å². The van der Waals surface area contributed by atoms with Crippen molar-refractivity contribution in [2.24, 2.45) is 0 Å². The standard InChI is InChI=1S/C23H20BCl2N7O2/c1-13-10-14(25)11-15(22(34)31-30-19-7-3-4-8-27-19)20(13)29-23(35)17-12-18(24-2)32-33(17)21-16(26)6-5-9-28-21/h3-12,24H,1-2H3,(H,27,30)(H,29,35)(H,31,34). The quantitative estimate of drug-likeness (QED) is 0.261. The number of carbonyl (C=O) groups is 2. The highest BCUT2D eigenvalue weighted by molar-refractivity contribution is 6.51. The van der Waals surface area contributed by atoms with Crippen molar-refractivity contribution >= 4 is 59.4 Å². The summed E-state index contributed by atoms with van der Waals surface area (Å²) >= 11 is 12.5. The fourth-order valence-corrected chi connectivity index (χ4v) is 3.82. The number of pyridine rings is 2. The predicted octanol–water partition coefficient (Wildman–Crippen LogP) is 3.40. The third-order valence-corrected chi connectivity index (χ3v) is 5.56. The molecule has 0 saturated heterocycles. The molecule has 0 unspecified atom stereocenters. The van der Waals surface area contributed by atoms with E-state index in [2.05, 4.69) is 31.2 Å². The first-order valence-corrected chi connectivity index (χ1v) is 11.4. The van der Waals surface area contributed by atoms with E-state index in [9.17, 15) is 9.59 Å². The maximum absolute atomic E-state index is 13.4. The molecule has 0 atom stereocenters. The van der Waals surface area contributed by atoms with Crippen molar-refractivity contribution in [2.45, 2.75) is 13.7 Å². The maximum atomic E-state index is 13.4. The molecule has 3 N–H and O–H groups in total. The van der Waals surface area contributed by atoms with Crippen LogP contribution in [0, 0.1) is 6.92 Å². The highest BCUT2D eigenvalue weighted by Crippen LogP contribution is 2.27. The molecule has 1 aromatic carbocycles. The minimum absolute atomic E-state index is 0.171. The summed E-state index contributed by atoms with van der Waals surface area (Å²) in [6.07, 6.45) is 3.15. The Morgan fingerprint density at radius 3 is 2.51 bits per heavy atom. The number of aromatic nitrogens is 4. The van der Waals surface area contributed by atoms with Gasteiger partial charge in [0.2, 0.25) is 0 Å². The molecule has 4 rings (SSSR count). The molecule has 176 valence electrons. The van der Waals surface area contributed by atoms with Gasteiger partial charge in [-0.3, -0.25) is 20.4 Å². The smallest absolute Gasteiger partial charge is 0.274 e. The molecule has 3 aromatic heterocycles. The Kier molecular flexibility index (Phi) is 7.33. The van der Waals surface area contributed by atoms with Crippen LogP contribution in [0.25, 0.3) is 5.82 Å². The largest absolute Gasteiger partial charge is 0.320 e. The number of carbonyl (C=O) groups excluding carboxylic acids is 2. The topological polar surface area (TPSA) is 114 Å². The molecule has 4 aromatic rings. The summed E-state index contributed by atoms with van der Waals surface area (Å²) in [4.78, 5) is 34.8. The Labute approximate surface area is 212 Å². The Morgan fingerprint density at radius 2 is 1.80 bits per heavy atom. The average molecular weight is 508 g/mol. The predicted molar refractivity (Wildman–Crippen MR) is 138 cm³/mol. The first kappa shape index (κ1) is 24.2. The highest BCUT2D eigenvalue weighted by atomic mass is 35.5. The van der Waals surface area contributed by atoms with Crippen LogP contribution in [-0.2, 0) is 0 Å². The van der Waals surface area contributed by atoms with Gasteiger partial charge in [-0.25, -0.2) is 14.6 Å². The van der Waals surface area contributed by atoms with Crippen LogP contribution >= 0.6 is 23.2 Å². The van der Waals surface area contributed by atoms with Crippen molar-refractivity contribution in [3.8, 4) is 5.82 Å². The molecule has 0 radical (unpaired) electrons. The fraction of sp³-hybridized carbons (Fsp3) is 0.0870. The van der Waals surface area contributed by atoms with Crippen molar-refractivity contribution in [1.29, 1.82) is 0 Å². The van der Waals surface area contributed by atoms with Gasteiger partial charge in [0.15, 0.2) is 13.1 Å². The number of amides is 2. The molecule has 0 spiro atoms. The lowest BCUT2D eigenvalue weighted by molar-refractivity contribution is 0.0963. The Balaban J connectivity index is 1.66. The van der Waals surface area contributed by atoms with E-state index in [1.807, 2.05) is 6.82 Å². The number of anilines is 2. The normalized spacial score (nSPS) is 10.5. The van der Waals surface area contributed by atoms with E-state index in [0.717, 1.165) is 0 Å². The van der Waals surface area contributed by atoms with Crippen LogP contribution in [0.3, 0.4) is 0 Å². The summed E-state index contributed by atoms with van der Waals surface area (Å²) in [6, 6.07) is 13.4. The lowest BCUT2D eigenvalue weighted by Gasteiger charge is -2.16. The lowest BCUT2D eigenvalue weighted by atomic mass is 9.78. The van der Waals surface area contributed by atoms with Crippen molar-refractivity contribution in [2.75, 3.05) is 10.7 Å². The zero-order valence-corrected chi connectivity index (χ0v) is 20.4. The third kappa shape index (κ3) is 5.45. The molecular formula is C23H20BCl2N7O2. The first-order chi connectivity index (χ1) is 16.9. The number of hydrogen-bond donors (Lipinski definition) is 3. The molecule has 9 nitrogen and oxygen atoms in total. The van der Waals surface area contributed by atoms with E-state index in [0.29, 0.717) is 45.8 Å². The summed E-state index contributed by atoms with van der Waals surface area (Å²) in [6.45, 7) is 3.67. The van der Waals surface area contributed by atoms with E-state index in [-0.39, 0.29) is 11.3 Å². The van der Waals surface area contributed by atoms with Gasteiger partial charge in [-0.05, 0) is 55.0 Å². The van der Waals surface area contributed by atoms with E-state index in [1.54, 1.807) is 61.8 Å². The number of aryl methyl sites for hydroxylation is 1. The molecule has 0 aliphatic rings.